The molecule has 9 heteroatoms. The summed E-state index contributed by atoms with van der Waals surface area (Å²) in [5, 5.41) is 14.0. The van der Waals surface area contributed by atoms with Crippen LogP contribution in [-0.2, 0) is 18.4 Å². The molecular weight excluding hydrogens is 996 g/mol. The van der Waals surface area contributed by atoms with Gasteiger partial charge in [-0.05, 0) is 83.5 Å². The second-order valence-electron chi connectivity index (χ2n) is 23.5. The number of phosphoric acid groups is 1. The molecule has 3 atom stereocenters. The van der Waals surface area contributed by atoms with Crippen molar-refractivity contribution in [3.05, 3.63) is 97.2 Å². The van der Waals surface area contributed by atoms with Crippen molar-refractivity contribution in [2.45, 2.75) is 302 Å². The van der Waals surface area contributed by atoms with E-state index < -0.39 is 20.0 Å². The second kappa shape index (κ2) is 60.0. The van der Waals surface area contributed by atoms with Crippen molar-refractivity contribution in [2.75, 3.05) is 40.9 Å². The number of aliphatic hydroxyl groups is 1. The van der Waals surface area contributed by atoms with Gasteiger partial charge >= 0.3 is 7.82 Å². The minimum Gasteiger partial charge on any atom is -0.387 e. The van der Waals surface area contributed by atoms with Crippen molar-refractivity contribution in [1.29, 1.82) is 0 Å². The summed E-state index contributed by atoms with van der Waals surface area (Å²) in [5.74, 6) is -0.186. The van der Waals surface area contributed by atoms with Gasteiger partial charge in [-0.25, -0.2) is 4.57 Å². The van der Waals surface area contributed by atoms with Gasteiger partial charge in [-0.2, -0.15) is 0 Å². The number of unbranched alkanes of at least 4 members (excludes halogenated alkanes) is 33. The van der Waals surface area contributed by atoms with Crippen molar-refractivity contribution in [1.82, 2.24) is 5.32 Å². The highest BCUT2D eigenvalue weighted by atomic mass is 31.2. The number of rotatable bonds is 60. The van der Waals surface area contributed by atoms with Crippen LogP contribution in [0.3, 0.4) is 0 Å². The van der Waals surface area contributed by atoms with E-state index >= 15 is 0 Å². The predicted octanol–water partition coefficient (Wildman–Crippen LogP) is 20.9. The number of carbonyl (C=O) groups is 1. The minimum absolute atomic E-state index is 0.0538. The Morgan fingerprint density at radius 1 is 0.443 bits per heavy atom. The Bertz CT molecular complexity index is 1610. The van der Waals surface area contributed by atoms with Gasteiger partial charge in [0.15, 0.2) is 0 Å². The summed E-state index contributed by atoms with van der Waals surface area (Å²) in [6, 6.07) is -0.869. The fourth-order valence-corrected chi connectivity index (χ4v) is 10.2. The molecule has 0 saturated carbocycles. The van der Waals surface area contributed by atoms with Gasteiger partial charge in [-0.1, -0.05) is 297 Å². The van der Waals surface area contributed by atoms with E-state index in [-0.39, 0.29) is 19.1 Å². The molecule has 0 aliphatic heterocycles. The van der Waals surface area contributed by atoms with Crippen LogP contribution in [-0.4, -0.2) is 73.4 Å². The first-order valence-electron chi connectivity index (χ1n) is 33.1. The molecular formula is C70H128N2O6P+. The summed E-state index contributed by atoms with van der Waals surface area (Å²) < 4.78 is 23.8. The van der Waals surface area contributed by atoms with Gasteiger partial charge < -0.3 is 19.8 Å². The van der Waals surface area contributed by atoms with Crippen molar-refractivity contribution in [2.24, 2.45) is 0 Å². The Morgan fingerprint density at radius 3 is 1.16 bits per heavy atom. The number of likely N-dealkylation sites (N-methyl/N-ethyl adjacent to an activating group) is 1. The Balaban J connectivity index is 4.11. The van der Waals surface area contributed by atoms with Gasteiger partial charge in [0.25, 0.3) is 0 Å². The summed E-state index contributed by atoms with van der Waals surface area (Å²) in [4.78, 5) is 23.4. The number of hydrogen-bond donors (Lipinski definition) is 3. The molecule has 0 radical (unpaired) electrons. The van der Waals surface area contributed by atoms with Crippen LogP contribution in [0, 0.1) is 0 Å². The maximum absolute atomic E-state index is 13.0. The van der Waals surface area contributed by atoms with Crippen molar-refractivity contribution in [3.8, 4) is 0 Å². The van der Waals surface area contributed by atoms with Crippen LogP contribution in [0.4, 0.5) is 0 Å². The molecule has 0 saturated heterocycles. The van der Waals surface area contributed by atoms with E-state index in [4.69, 9.17) is 9.05 Å². The second-order valence-corrected chi connectivity index (χ2v) is 24.9. The number of quaternary nitrogens is 1. The maximum atomic E-state index is 13.0. The van der Waals surface area contributed by atoms with Gasteiger partial charge in [-0.15, -0.1) is 0 Å². The monoisotopic (exact) mass is 1120 g/mol. The largest absolute Gasteiger partial charge is 0.472 e. The first kappa shape index (κ1) is 76.4. The smallest absolute Gasteiger partial charge is 0.387 e. The molecule has 0 aromatic carbocycles. The first-order valence-corrected chi connectivity index (χ1v) is 34.6. The number of allylic oxidation sites excluding steroid dienone is 15. The zero-order valence-electron chi connectivity index (χ0n) is 52.3. The van der Waals surface area contributed by atoms with Gasteiger partial charge in [-0.3, -0.25) is 13.8 Å². The quantitative estimate of drug-likeness (QED) is 0.0243. The molecule has 8 nitrogen and oxygen atoms in total. The van der Waals surface area contributed by atoms with Crippen LogP contribution in [0.25, 0.3) is 0 Å². The topological polar surface area (TPSA) is 105 Å². The van der Waals surface area contributed by atoms with Crippen LogP contribution in [0.1, 0.15) is 290 Å². The molecule has 0 spiro atoms. The van der Waals surface area contributed by atoms with E-state index in [1.165, 1.54) is 193 Å². The lowest BCUT2D eigenvalue weighted by atomic mass is 10.0. The zero-order valence-corrected chi connectivity index (χ0v) is 53.2. The van der Waals surface area contributed by atoms with Gasteiger partial charge in [0.1, 0.15) is 13.2 Å². The number of hydrogen-bond acceptors (Lipinski definition) is 5. The number of nitrogens with one attached hydrogen (secondary N) is 1. The standard InChI is InChI=1S/C70H127N2O6P/c1-6-8-10-12-14-16-18-20-22-24-26-28-30-31-32-33-34-35-36-37-38-39-40-41-42-44-46-48-50-52-54-56-58-60-62-64-70(74)71-68(67-78-79(75,76)77-66-65-72(3,4)5)69(73)63-61-59-57-55-53-51-49-47-45-43-29-27-25-23-21-19-17-15-13-11-9-7-2/h8,10,14,16,20,22,26,28,31-32,34-35,53,55,61,63,68-69,73H,6-7,9,11-13,15,17-19,21,23-25,27,29-30,33,36-52,54,56-60,62,64-67H2,1-5H3,(H-,71,74,75,76)/p+1/b10-8-,16-14-,22-20-,28-26-,32-31-,35-34-,55-53+,63-61+. The molecule has 0 aromatic heterocycles. The fourth-order valence-electron chi connectivity index (χ4n) is 9.42. The number of nitrogens with zero attached hydrogens (tertiary/aromatic N) is 1. The van der Waals surface area contributed by atoms with E-state index in [0.717, 1.165) is 77.0 Å². The number of aliphatic hydroxyl groups excluding tert-OH is 1. The highest BCUT2D eigenvalue weighted by Gasteiger charge is 2.27. The van der Waals surface area contributed by atoms with Gasteiger partial charge in [0, 0.05) is 6.42 Å². The minimum atomic E-state index is -4.36. The van der Waals surface area contributed by atoms with Crippen LogP contribution < -0.4 is 5.32 Å². The predicted molar refractivity (Wildman–Crippen MR) is 346 cm³/mol. The molecule has 0 bridgehead atoms. The summed E-state index contributed by atoms with van der Waals surface area (Å²) in [7, 11) is 1.55. The van der Waals surface area contributed by atoms with E-state index in [1.807, 2.05) is 27.2 Å². The Kier molecular flexibility index (Phi) is 58.1. The zero-order chi connectivity index (χ0) is 57.7. The van der Waals surface area contributed by atoms with E-state index in [0.29, 0.717) is 17.4 Å². The Labute approximate surface area is 489 Å². The molecule has 0 aromatic rings. The third kappa shape index (κ3) is 62.9. The summed E-state index contributed by atoms with van der Waals surface area (Å²) in [6.45, 7) is 4.70. The van der Waals surface area contributed by atoms with Crippen molar-refractivity contribution >= 4 is 13.7 Å². The molecule has 0 aliphatic carbocycles. The molecule has 1 amide bonds. The summed E-state index contributed by atoms with van der Waals surface area (Å²) in [5.41, 5.74) is 0. The summed E-state index contributed by atoms with van der Waals surface area (Å²) in [6.07, 6.45) is 86.8. The highest BCUT2D eigenvalue weighted by molar-refractivity contribution is 7.47. The molecule has 0 aliphatic rings. The van der Waals surface area contributed by atoms with Crippen molar-refractivity contribution < 1.29 is 32.9 Å². The number of amides is 1. The first-order chi connectivity index (χ1) is 38.5. The Morgan fingerprint density at radius 2 is 0.772 bits per heavy atom. The lowest BCUT2D eigenvalue weighted by Crippen LogP contribution is -2.45. The third-order valence-electron chi connectivity index (χ3n) is 14.5. The SMILES string of the molecule is CC/C=C\C/C=C\C/C=C\C/C=C\C/C=C\C/C=C\CCCCCCCCCCCCCCCCCCC(=O)NC(COP(=O)(O)OCC[N+](C)(C)C)C(O)/C=C/CC/C=C/CCCCCCCCCCCCCCCCCC. The summed E-state index contributed by atoms with van der Waals surface area (Å²) >= 11 is 0. The normalized spacial score (nSPS) is 14.4. The lowest BCUT2D eigenvalue weighted by Gasteiger charge is -2.25. The van der Waals surface area contributed by atoms with Crippen LogP contribution in [0.15, 0.2) is 97.2 Å². The third-order valence-corrected chi connectivity index (χ3v) is 15.5. The fraction of sp³-hybridized carbons (Fsp3) is 0.757. The van der Waals surface area contributed by atoms with Crippen LogP contribution in [0.2, 0.25) is 0 Å². The molecule has 0 fully saturated rings. The molecule has 0 heterocycles. The van der Waals surface area contributed by atoms with Crippen LogP contribution in [0.5, 0.6) is 0 Å². The van der Waals surface area contributed by atoms with Crippen molar-refractivity contribution in [3.63, 3.8) is 0 Å². The number of carbonyl (C=O) groups excluding carboxylic acids is 1. The number of phosphoric ester groups is 1. The van der Waals surface area contributed by atoms with Gasteiger partial charge in [0.2, 0.25) is 5.91 Å². The molecule has 79 heavy (non-hydrogen) atoms. The average molecular weight is 1120 g/mol. The van der Waals surface area contributed by atoms with E-state index in [2.05, 4.69) is 104 Å². The molecule has 0 rings (SSSR count). The average Bonchev–Trinajstić information content (AvgIpc) is 3.42. The van der Waals surface area contributed by atoms with E-state index in [1.54, 1.807) is 6.08 Å². The maximum Gasteiger partial charge on any atom is 0.472 e. The van der Waals surface area contributed by atoms with E-state index in [9.17, 15) is 19.4 Å². The molecule has 3 N–H and O–H groups in total. The Hall–Kier alpha value is -2.58. The molecule has 458 valence electrons. The van der Waals surface area contributed by atoms with Crippen LogP contribution >= 0.6 is 7.82 Å². The van der Waals surface area contributed by atoms with Gasteiger partial charge in [0.05, 0.1) is 39.9 Å². The lowest BCUT2D eigenvalue weighted by molar-refractivity contribution is -0.870. The molecule has 3 unspecified atom stereocenters. The highest BCUT2D eigenvalue weighted by Crippen LogP contribution is 2.43.